The molecule has 6 aliphatic rings. The van der Waals surface area contributed by atoms with Crippen LogP contribution in [0, 0.1) is 28.6 Å². The Hall–Kier alpha value is -2.44. The Morgan fingerprint density at radius 3 is 2.52 bits per heavy atom. The average Bonchev–Trinajstić information content (AvgIpc) is 3.34. The van der Waals surface area contributed by atoms with E-state index in [1.807, 2.05) is 0 Å². The van der Waals surface area contributed by atoms with Crippen molar-refractivity contribution in [3.63, 3.8) is 0 Å². The molecule has 0 aromatic rings. The molecule has 9 heteroatoms. The number of carbonyl (C=O) groups is 3. The van der Waals surface area contributed by atoms with E-state index in [2.05, 4.69) is 6.07 Å². The van der Waals surface area contributed by atoms with E-state index < -0.39 is 47.5 Å². The number of aliphatic carboxylic acids is 1. The van der Waals surface area contributed by atoms with E-state index in [-0.39, 0.29) is 5.91 Å². The second-order valence-corrected chi connectivity index (χ2v) is 10.4. The van der Waals surface area contributed by atoms with Crippen molar-refractivity contribution in [2.45, 2.75) is 81.5 Å². The highest BCUT2D eigenvalue weighted by molar-refractivity contribution is 5.87. The van der Waals surface area contributed by atoms with Crippen molar-refractivity contribution < 1.29 is 24.2 Å². The maximum Gasteiger partial charge on any atom is 0.324 e. The maximum absolute atomic E-state index is 13.4. The summed E-state index contributed by atoms with van der Waals surface area (Å²) in [4.78, 5) is 38.5. The van der Waals surface area contributed by atoms with Gasteiger partial charge in [0.2, 0.25) is 5.91 Å². The fourth-order valence-electron chi connectivity index (χ4n) is 7.21. The molecule has 1 aliphatic heterocycles. The topological polar surface area (TPSA) is 160 Å². The molecule has 5 N–H and O–H groups in total. The molecule has 166 valence electrons. The van der Waals surface area contributed by atoms with Crippen molar-refractivity contribution in [1.29, 1.82) is 5.26 Å². The molecule has 0 aromatic carbocycles. The number of ether oxygens (including phenoxy) is 1. The number of allylic oxidation sites excluding steroid dienone is 1. The molecule has 5 atom stereocenters. The van der Waals surface area contributed by atoms with Crippen molar-refractivity contribution >= 4 is 17.8 Å². The first-order valence-corrected chi connectivity index (χ1v) is 11.0. The number of rotatable bonds is 6. The largest absolute Gasteiger partial charge is 0.481 e. The minimum Gasteiger partial charge on any atom is -0.481 e. The Morgan fingerprint density at radius 2 is 1.90 bits per heavy atom. The SMILES string of the molecule is N#C[C@@H]1CC2=C(C2)N1C(=O)[C@@H](N)C12CC3CC(CC(OC(=O)[C@@H](N)CC(=O)O)(C3)C1)C2. The number of hydrogen-bond acceptors (Lipinski definition) is 7. The third-order valence-electron chi connectivity index (χ3n) is 8.09. The molecular weight excluding hydrogens is 400 g/mol. The first-order valence-electron chi connectivity index (χ1n) is 11.0. The van der Waals surface area contributed by atoms with Crippen LogP contribution in [0.5, 0.6) is 0 Å². The van der Waals surface area contributed by atoms with Crippen LogP contribution in [0.25, 0.3) is 0 Å². The number of amides is 1. The molecular formula is C22H28N4O5. The molecule has 9 nitrogen and oxygen atoms in total. The third-order valence-corrected chi connectivity index (χ3v) is 8.09. The van der Waals surface area contributed by atoms with Gasteiger partial charge in [0.05, 0.1) is 18.5 Å². The van der Waals surface area contributed by atoms with Gasteiger partial charge in [0.1, 0.15) is 17.7 Å². The van der Waals surface area contributed by atoms with Crippen LogP contribution < -0.4 is 11.5 Å². The second kappa shape index (κ2) is 6.78. The van der Waals surface area contributed by atoms with E-state index in [4.69, 9.17) is 21.3 Å². The monoisotopic (exact) mass is 428 g/mol. The Balaban J connectivity index is 1.37. The van der Waals surface area contributed by atoms with Gasteiger partial charge in [-0.25, -0.2) is 0 Å². The van der Waals surface area contributed by atoms with E-state index in [9.17, 15) is 19.6 Å². The molecule has 4 fully saturated rings. The van der Waals surface area contributed by atoms with Gasteiger partial charge < -0.3 is 21.3 Å². The second-order valence-electron chi connectivity index (χ2n) is 10.4. The molecule has 2 unspecified atom stereocenters. The smallest absolute Gasteiger partial charge is 0.324 e. The van der Waals surface area contributed by atoms with Gasteiger partial charge in [-0.3, -0.25) is 19.3 Å². The summed E-state index contributed by atoms with van der Waals surface area (Å²) in [6.45, 7) is 0. The molecule has 0 radical (unpaired) electrons. The molecule has 6 rings (SSSR count). The number of nitriles is 1. The predicted octanol–water partition coefficient (Wildman–Crippen LogP) is 0.780. The van der Waals surface area contributed by atoms with Crippen LogP contribution in [-0.2, 0) is 19.1 Å². The summed E-state index contributed by atoms with van der Waals surface area (Å²) in [6.07, 6.45) is 5.48. The summed E-state index contributed by atoms with van der Waals surface area (Å²) in [5.41, 5.74) is 13.3. The van der Waals surface area contributed by atoms with E-state index in [0.717, 1.165) is 31.4 Å². The van der Waals surface area contributed by atoms with Crippen molar-refractivity contribution in [2.75, 3.05) is 0 Å². The predicted molar refractivity (Wildman–Crippen MR) is 107 cm³/mol. The Bertz CT molecular complexity index is 923. The lowest BCUT2D eigenvalue weighted by Gasteiger charge is -2.62. The van der Waals surface area contributed by atoms with E-state index in [0.29, 0.717) is 37.5 Å². The number of carbonyl (C=O) groups excluding carboxylic acids is 2. The summed E-state index contributed by atoms with van der Waals surface area (Å²) in [5, 5.41) is 18.4. The van der Waals surface area contributed by atoms with E-state index in [1.54, 1.807) is 4.90 Å². The number of hydrogen-bond donors (Lipinski definition) is 3. The molecule has 31 heavy (non-hydrogen) atoms. The van der Waals surface area contributed by atoms with Crippen LogP contribution in [0.1, 0.15) is 57.8 Å². The lowest BCUT2D eigenvalue weighted by Crippen LogP contribution is -2.65. The minimum absolute atomic E-state index is 0.194. The van der Waals surface area contributed by atoms with E-state index >= 15 is 0 Å². The van der Waals surface area contributed by atoms with Crippen LogP contribution in [0.3, 0.4) is 0 Å². The first-order chi connectivity index (χ1) is 14.7. The van der Waals surface area contributed by atoms with Gasteiger partial charge in [-0.15, -0.1) is 0 Å². The lowest BCUT2D eigenvalue weighted by molar-refractivity contribution is -0.207. The van der Waals surface area contributed by atoms with Crippen LogP contribution in [-0.4, -0.2) is 51.6 Å². The molecule has 4 bridgehead atoms. The van der Waals surface area contributed by atoms with Gasteiger partial charge in [-0.05, 0) is 61.3 Å². The molecule has 0 aromatic heterocycles. The number of esters is 1. The van der Waals surface area contributed by atoms with Gasteiger partial charge in [0, 0.05) is 18.5 Å². The van der Waals surface area contributed by atoms with Gasteiger partial charge in [0.15, 0.2) is 0 Å². The zero-order valence-corrected chi connectivity index (χ0v) is 17.4. The number of nitrogens with two attached hydrogens (primary N) is 2. The average molecular weight is 428 g/mol. The summed E-state index contributed by atoms with van der Waals surface area (Å²) in [7, 11) is 0. The number of carboxylic acid groups (broad SMARTS) is 1. The highest BCUT2D eigenvalue weighted by Gasteiger charge is 2.63. The lowest BCUT2D eigenvalue weighted by atomic mass is 9.46. The standard InChI is InChI=1S/C22H28N4O5/c23-9-14-2-13-3-16(13)26(14)19(29)18(25)21-5-11-1-12(6-21)8-22(7-11,10-21)31-20(30)15(24)4-17(27)28/h11-12,14-15,18H,1-8,10,24-25H2,(H,27,28)/t11?,12?,14-,15-,18+,21?,22?/m0/s1. The van der Waals surface area contributed by atoms with Gasteiger partial charge in [-0.2, -0.15) is 5.26 Å². The molecule has 0 spiro atoms. The van der Waals surface area contributed by atoms with Crippen molar-refractivity contribution in [3.05, 3.63) is 11.3 Å². The van der Waals surface area contributed by atoms with Gasteiger partial charge in [0.25, 0.3) is 0 Å². The number of carboxylic acids is 1. The number of piperidine rings is 1. The minimum atomic E-state index is -1.21. The van der Waals surface area contributed by atoms with Crippen molar-refractivity contribution in [3.8, 4) is 6.07 Å². The maximum atomic E-state index is 13.4. The molecule has 0 saturated heterocycles. The Morgan fingerprint density at radius 1 is 1.23 bits per heavy atom. The Kier molecular flexibility index (Phi) is 4.47. The fourth-order valence-corrected chi connectivity index (χ4v) is 7.21. The number of nitrogens with zero attached hydrogens (tertiary/aromatic N) is 2. The quantitative estimate of drug-likeness (QED) is 0.523. The molecule has 4 saturated carbocycles. The molecule has 1 amide bonds. The number of likely N-dealkylation sites (tertiary alicyclic amines) is 1. The zero-order valence-electron chi connectivity index (χ0n) is 17.4. The first kappa shape index (κ1) is 20.5. The van der Waals surface area contributed by atoms with Crippen LogP contribution in [0.2, 0.25) is 0 Å². The van der Waals surface area contributed by atoms with Crippen molar-refractivity contribution in [2.24, 2.45) is 28.7 Å². The van der Waals surface area contributed by atoms with Crippen LogP contribution >= 0.6 is 0 Å². The fraction of sp³-hybridized carbons (Fsp3) is 0.727. The van der Waals surface area contributed by atoms with Crippen LogP contribution in [0.4, 0.5) is 0 Å². The van der Waals surface area contributed by atoms with Crippen molar-refractivity contribution in [1.82, 2.24) is 4.90 Å². The molecule has 1 heterocycles. The Labute approximate surface area is 180 Å². The van der Waals surface area contributed by atoms with Gasteiger partial charge in [-0.1, -0.05) is 0 Å². The normalized spacial score (nSPS) is 39.0. The highest BCUT2D eigenvalue weighted by atomic mass is 16.6. The van der Waals surface area contributed by atoms with Gasteiger partial charge >= 0.3 is 11.9 Å². The van der Waals surface area contributed by atoms with E-state index in [1.165, 1.54) is 5.57 Å². The molecule has 5 aliphatic carbocycles. The summed E-state index contributed by atoms with van der Waals surface area (Å²) >= 11 is 0. The zero-order chi connectivity index (χ0) is 22.1. The van der Waals surface area contributed by atoms with Crippen LogP contribution in [0.15, 0.2) is 11.3 Å². The summed E-state index contributed by atoms with van der Waals surface area (Å²) in [5.74, 6) is -1.42. The third kappa shape index (κ3) is 3.24. The highest BCUT2D eigenvalue weighted by Crippen LogP contribution is 2.64. The summed E-state index contributed by atoms with van der Waals surface area (Å²) in [6, 6.07) is -0.210. The summed E-state index contributed by atoms with van der Waals surface area (Å²) < 4.78 is 5.90.